The van der Waals surface area contributed by atoms with Gasteiger partial charge >= 0.3 is 0 Å². The van der Waals surface area contributed by atoms with Gasteiger partial charge < -0.3 is 9.80 Å². The number of hydrogen-bond donors (Lipinski definition) is 0. The first kappa shape index (κ1) is 16.8. The average molecular weight is 216 g/mol. The molecular weight excluding hydrogens is 188 g/mol. The molecule has 0 heterocycles. The van der Waals surface area contributed by atoms with E-state index in [1.165, 1.54) is 0 Å². The van der Waals surface area contributed by atoms with Crippen LogP contribution in [0.3, 0.4) is 0 Å². The Hall–Kier alpha value is -0.570. The van der Waals surface area contributed by atoms with Crippen LogP contribution in [0, 0.1) is 0 Å². The molecule has 0 N–H and O–H groups in total. The van der Waals surface area contributed by atoms with E-state index >= 15 is 0 Å². The highest BCUT2D eigenvalue weighted by molar-refractivity contribution is 5.73. The van der Waals surface area contributed by atoms with E-state index in [1.54, 1.807) is 6.92 Å². The number of nitrogens with zero attached hydrogens (tertiary/aromatic N) is 2. The molecule has 0 unspecified atom stereocenters. The predicted octanol–water partition coefficient (Wildman–Crippen LogP) is 2.22. The summed E-state index contributed by atoms with van der Waals surface area (Å²) in [6.45, 7) is 13.6. The highest BCUT2D eigenvalue weighted by atomic mass is 16.2. The zero-order valence-corrected chi connectivity index (χ0v) is 11.3. The topological polar surface area (TPSA) is 23.6 Å². The average Bonchev–Trinajstić information content (AvgIpc) is 2.26. The molecular formula is C12H28N2O. The molecule has 0 radical (unpaired) electrons. The van der Waals surface area contributed by atoms with Crippen LogP contribution in [0.4, 0.5) is 0 Å². The third kappa shape index (κ3) is 9.73. The minimum absolute atomic E-state index is 0.186. The zero-order chi connectivity index (χ0) is 12.3. The summed E-state index contributed by atoms with van der Waals surface area (Å²) < 4.78 is 0. The van der Waals surface area contributed by atoms with Crippen LogP contribution >= 0.6 is 0 Å². The molecule has 0 saturated carbocycles. The normalized spacial score (nSPS) is 9.53. The van der Waals surface area contributed by atoms with Gasteiger partial charge in [0, 0.05) is 26.6 Å². The van der Waals surface area contributed by atoms with Gasteiger partial charge in [0.05, 0.1) is 0 Å². The van der Waals surface area contributed by atoms with Gasteiger partial charge in [0.25, 0.3) is 0 Å². The summed E-state index contributed by atoms with van der Waals surface area (Å²) in [7, 11) is 2.07. The van der Waals surface area contributed by atoms with Crippen molar-refractivity contribution in [2.75, 3.05) is 33.2 Å². The molecule has 0 aliphatic heterocycles. The van der Waals surface area contributed by atoms with Crippen molar-refractivity contribution in [2.45, 2.75) is 41.0 Å². The highest BCUT2D eigenvalue weighted by Gasteiger charge is 2.07. The number of likely N-dealkylation sites (N-methyl/N-ethyl adjacent to an activating group) is 1. The molecule has 0 rings (SSSR count). The van der Waals surface area contributed by atoms with Crippen molar-refractivity contribution in [3.05, 3.63) is 0 Å². The zero-order valence-electron chi connectivity index (χ0n) is 11.3. The van der Waals surface area contributed by atoms with E-state index in [4.69, 9.17) is 0 Å². The van der Waals surface area contributed by atoms with Crippen molar-refractivity contribution in [3.63, 3.8) is 0 Å². The number of hydrogen-bond acceptors (Lipinski definition) is 2. The first-order chi connectivity index (χ1) is 7.11. The van der Waals surface area contributed by atoms with Gasteiger partial charge in [0.15, 0.2) is 0 Å². The van der Waals surface area contributed by atoms with Crippen LogP contribution in [0.15, 0.2) is 0 Å². The quantitative estimate of drug-likeness (QED) is 0.680. The fourth-order valence-electron chi connectivity index (χ4n) is 1.15. The van der Waals surface area contributed by atoms with Gasteiger partial charge in [0.2, 0.25) is 5.91 Å². The van der Waals surface area contributed by atoms with Gasteiger partial charge in [-0.25, -0.2) is 0 Å². The van der Waals surface area contributed by atoms with Crippen LogP contribution in [0.2, 0.25) is 0 Å². The smallest absolute Gasteiger partial charge is 0.219 e. The van der Waals surface area contributed by atoms with Crippen molar-refractivity contribution in [3.8, 4) is 0 Å². The SMILES string of the molecule is CC.CCCN(CCN(C)CC)C(C)=O. The van der Waals surface area contributed by atoms with Crippen LogP contribution in [0.5, 0.6) is 0 Å². The summed E-state index contributed by atoms with van der Waals surface area (Å²) in [6, 6.07) is 0. The maximum atomic E-state index is 11.1. The number of carbonyl (C=O) groups is 1. The minimum Gasteiger partial charge on any atom is -0.342 e. The molecule has 92 valence electrons. The minimum atomic E-state index is 0.186. The Bertz CT molecular complexity index is 149. The van der Waals surface area contributed by atoms with Gasteiger partial charge in [-0.3, -0.25) is 4.79 Å². The fourth-order valence-corrected chi connectivity index (χ4v) is 1.15. The first-order valence-electron chi connectivity index (χ1n) is 6.05. The second-order valence-electron chi connectivity index (χ2n) is 3.40. The summed E-state index contributed by atoms with van der Waals surface area (Å²) in [5.41, 5.74) is 0. The molecule has 1 amide bonds. The summed E-state index contributed by atoms with van der Waals surface area (Å²) in [5.74, 6) is 0.186. The molecule has 0 atom stereocenters. The maximum absolute atomic E-state index is 11.1. The molecule has 0 aliphatic rings. The van der Waals surface area contributed by atoms with Gasteiger partial charge in [-0.2, -0.15) is 0 Å². The van der Waals surface area contributed by atoms with E-state index in [2.05, 4.69) is 25.8 Å². The molecule has 0 fully saturated rings. The Morgan fingerprint density at radius 2 is 1.60 bits per heavy atom. The number of amides is 1. The van der Waals surface area contributed by atoms with Crippen LogP contribution < -0.4 is 0 Å². The fraction of sp³-hybridized carbons (Fsp3) is 0.917. The Labute approximate surface area is 95.4 Å². The molecule has 3 heteroatoms. The van der Waals surface area contributed by atoms with Gasteiger partial charge in [-0.1, -0.05) is 27.7 Å². The molecule has 0 aromatic heterocycles. The van der Waals surface area contributed by atoms with E-state index in [0.29, 0.717) is 0 Å². The lowest BCUT2D eigenvalue weighted by Gasteiger charge is -2.23. The maximum Gasteiger partial charge on any atom is 0.219 e. The molecule has 0 spiro atoms. The van der Waals surface area contributed by atoms with E-state index in [-0.39, 0.29) is 5.91 Å². The predicted molar refractivity (Wildman–Crippen MR) is 67.1 cm³/mol. The monoisotopic (exact) mass is 216 g/mol. The van der Waals surface area contributed by atoms with Crippen molar-refractivity contribution in [1.82, 2.24) is 9.80 Å². The van der Waals surface area contributed by atoms with Crippen molar-refractivity contribution in [1.29, 1.82) is 0 Å². The molecule has 0 aliphatic carbocycles. The van der Waals surface area contributed by atoms with Crippen LogP contribution in [0.25, 0.3) is 0 Å². The van der Waals surface area contributed by atoms with E-state index in [9.17, 15) is 4.79 Å². The Balaban J connectivity index is 0. The summed E-state index contributed by atoms with van der Waals surface area (Å²) in [5, 5.41) is 0. The lowest BCUT2D eigenvalue weighted by molar-refractivity contribution is -0.129. The summed E-state index contributed by atoms with van der Waals surface area (Å²) in [4.78, 5) is 15.3. The number of rotatable bonds is 6. The lowest BCUT2D eigenvalue weighted by atomic mass is 10.4. The Morgan fingerprint density at radius 1 is 1.07 bits per heavy atom. The van der Waals surface area contributed by atoms with Gasteiger partial charge in [0.1, 0.15) is 0 Å². The molecule has 0 aromatic carbocycles. The van der Waals surface area contributed by atoms with Crippen molar-refractivity contribution >= 4 is 5.91 Å². The largest absolute Gasteiger partial charge is 0.342 e. The number of carbonyl (C=O) groups excluding carboxylic acids is 1. The second-order valence-corrected chi connectivity index (χ2v) is 3.40. The highest BCUT2D eigenvalue weighted by Crippen LogP contribution is 1.93. The van der Waals surface area contributed by atoms with Gasteiger partial charge in [-0.05, 0) is 20.0 Å². The third-order valence-electron chi connectivity index (χ3n) is 2.23. The van der Waals surface area contributed by atoms with Crippen molar-refractivity contribution < 1.29 is 4.79 Å². The van der Waals surface area contributed by atoms with Crippen LogP contribution in [-0.2, 0) is 4.79 Å². The summed E-state index contributed by atoms with van der Waals surface area (Å²) >= 11 is 0. The van der Waals surface area contributed by atoms with E-state index in [0.717, 1.165) is 32.6 Å². The molecule has 3 nitrogen and oxygen atoms in total. The first-order valence-corrected chi connectivity index (χ1v) is 6.05. The van der Waals surface area contributed by atoms with Gasteiger partial charge in [-0.15, -0.1) is 0 Å². The molecule has 0 bridgehead atoms. The third-order valence-corrected chi connectivity index (χ3v) is 2.23. The molecule has 0 saturated heterocycles. The standard InChI is InChI=1S/C10H22N2O.C2H6/c1-5-7-12(10(3)13)9-8-11(4)6-2;1-2/h5-9H2,1-4H3;1-2H3. The van der Waals surface area contributed by atoms with Crippen LogP contribution in [0.1, 0.15) is 41.0 Å². The van der Waals surface area contributed by atoms with Crippen molar-refractivity contribution in [2.24, 2.45) is 0 Å². The Morgan fingerprint density at radius 3 is 1.93 bits per heavy atom. The second kappa shape index (κ2) is 11.5. The van der Waals surface area contributed by atoms with E-state index in [1.807, 2.05) is 18.7 Å². The molecule has 0 aromatic rings. The van der Waals surface area contributed by atoms with E-state index < -0.39 is 0 Å². The Kier molecular flexibility index (Phi) is 12.9. The lowest BCUT2D eigenvalue weighted by Crippen LogP contribution is -2.36. The summed E-state index contributed by atoms with van der Waals surface area (Å²) in [6.07, 6.45) is 1.04. The molecule has 15 heavy (non-hydrogen) atoms. The van der Waals surface area contributed by atoms with Crippen LogP contribution in [-0.4, -0.2) is 48.9 Å².